The van der Waals surface area contributed by atoms with Crippen LogP contribution in [-0.4, -0.2) is 37.5 Å². The second-order valence-corrected chi connectivity index (χ2v) is 6.73. The molecule has 0 radical (unpaired) electrons. The molecule has 0 aromatic heterocycles. The molecule has 1 aliphatic carbocycles. The van der Waals surface area contributed by atoms with Crippen LogP contribution in [0.3, 0.4) is 0 Å². The molecule has 0 bridgehead atoms. The molecule has 1 saturated carbocycles. The highest BCUT2D eigenvalue weighted by molar-refractivity contribution is 14.0. The summed E-state index contributed by atoms with van der Waals surface area (Å²) in [5.74, 6) is 0.956. The number of benzene rings is 1. The van der Waals surface area contributed by atoms with Crippen molar-refractivity contribution in [2.45, 2.75) is 58.2 Å². The van der Waals surface area contributed by atoms with Gasteiger partial charge in [-0.1, -0.05) is 43.5 Å². The minimum atomic E-state index is 0. The van der Waals surface area contributed by atoms with Crippen molar-refractivity contribution >= 4 is 29.9 Å². The van der Waals surface area contributed by atoms with Gasteiger partial charge < -0.3 is 15.5 Å². The Labute approximate surface area is 164 Å². The van der Waals surface area contributed by atoms with E-state index < -0.39 is 0 Å². The van der Waals surface area contributed by atoms with Crippen molar-refractivity contribution in [3.05, 3.63) is 35.4 Å². The summed E-state index contributed by atoms with van der Waals surface area (Å²) in [6, 6.07) is 9.31. The van der Waals surface area contributed by atoms with E-state index in [1.165, 1.54) is 43.2 Å². The molecule has 0 spiro atoms. The minimum absolute atomic E-state index is 0. The number of rotatable bonds is 6. The number of hydrogen-bond donors (Lipinski definition) is 2. The fraction of sp³-hybridized carbons (Fsp3) is 0.632. The van der Waals surface area contributed by atoms with Crippen molar-refractivity contribution in [3.8, 4) is 0 Å². The normalized spacial score (nSPS) is 15.9. The van der Waals surface area contributed by atoms with E-state index >= 15 is 0 Å². The monoisotopic (exact) mass is 444 g/mol. The zero-order valence-electron chi connectivity index (χ0n) is 15.3. The molecular formula is C19H33IN4. The standard InChI is InChI=1S/C19H32N4.HI/c1-4-20-19(22-18-11-6-5-7-12-18)21-14-16-9-8-10-17(13-16)15-23(2)3;/h8-10,13,18H,4-7,11-12,14-15H2,1-3H3,(H2,20,21,22);1H. The van der Waals surface area contributed by atoms with Crippen molar-refractivity contribution in [1.82, 2.24) is 15.5 Å². The maximum atomic E-state index is 4.78. The minimum Gasteiger partial charge on any atom is -0.357 e. The predicted octanol–water partition coefficient (Wildman–Crippen LogP) is 3.75. The van der Waals surface area contributed by atoms with Gasteiger partial charge in [0.1, 0.15) is 0 Å². The Balaban J connectivity index is 0.00000288. The number of nitrogens with zero attached hydrogens (tertiary/aromatic N) is 2. The summed E-state index contributed by atoms with van der Waals surface area (Å²) in [5.41, 5.74) is 2.61. The molecule has 1 aliphatic rings. The lowest BCUT2D eigenvalue weighted by Crippen LogP contribution is -2.44. The summed E-state index contributed by atoms with van der Waals surface area (Å²) >= 11 is 0. The topological polar surface area (TPSA) is 39.7 Å². The summed E-state index contributed by atoms with van der Waals surface area (Å²) < 4.78 is 0. The van der Waals surface area contributed by atoms with Crippen molar-refractivity contribution in [2.75, 3.05) is 20.6 Å². The lowest BCUT2D eigenvalue weighted by Gasteiger charge is -2.24. The number of hydrogen-bond acceptors (Lipinski definition) is 2. The number of guanidine groups is 1. The number of aliphatic imine (C=N–C) groups is 1. The van der Waals surface area contributed by atoms with Gasteiger partial charge in [0, 0.05) is 19.1 Å². The van der Waals surface area contributed by atoms with Crippen LogP contribution in [0, 0.1) is 0 Å². The van der Waals surface area contributed by atoms with Gasteiger partial charge in [-0.2, -0.15) is 0 Å². The van der Waals surface area contributed by atoms with Crippen LogP contribution in [0.2, 0.25) is 0 Å². The molecule has 0 amide bonds. The van der Waals surface area contributed by atoms with Crippen LogP contribution < -0.4 is 10.6 Å². The van der Waals surface area contributed by atoms with Crippen LogP contribution in [0.1, 0.15) is 50.2 Å². The average molecular weight is 444 g/mol. The fourth-order valence-corrected chi connectivity index (χ4v) is 3.12. The summed E-state index contributed by atoms with van der Waals surface area (Å²) in [7, 11) is 4.20. The molecule has 1 aromatic carbocycles. The molecule has 0 unspecified atom stereocenters. The van der Waals surface area contributed by atoms with Crippen LogP contribution in [-0.2, 0) is 13.1 Å². The smallest absolute Gasteiger partial charge is 0.191 e. The third kappa shape index (κ3) is 7.83. The second kappa shape index (κ2) is 11.7. The van der Waals surface area contributed by atoms with E-state index in [4.69, 9.17) is 4.99 Å². The molecule has 0 saturated heterocycles. The second-order valence-electron chi connectivity index (χ2n) is 6.73. The van der Waals surface area contributed by atoms with E-state index in [1.807, 2.05) is 0 Å². The Morgan fingerprint density at radius 3 is 2.54 bits per heavy atom. The van der Waals surface area contributed by atoms with Gasteiger partial charge in [0.2, 0.25) is 0 Å². The molecule has 5 heteroatoms. The first kappa shape index (κ1) is 21.2. The maximum absolute atomic E-state index is 4.78. The molecule has 136 valence electrons. The lowest BCUT2D eigenvalue weighted by molar-refractivity contribution is 0.402. The first-order valence-corrected chi connectivity index (χ1v) is 8.94. The van der Waals surface area contributed by atoms with Crippen molar-refractivity contribution in [1.29, 1.82) is 0 Å². The van der Waals surface area contributed by atoms with E-state index in [0.717, 1.165) is 25.6 Å². The summed E-state index contributed by atoms with van der Waals surface area (Å²) in [5, 5.41) is 6.98. The maximum Gasteiger partial charge on any atom is 0.191 e. The molecule has 24 heavy (non-hydrogen) atoms. The zero-order valence-corrected chi connectivity index (χ0v) is 17.7. The zero-order chi connectivity index (χ0) is 16.5. The highest BCUT2D eigenvalue weighted by atomic mass is 127. The predicted molar refractivity (Wildman–Crippen MR) is 114 cm³/mol. The molecule has 2 rings (SSSR count). The van der Waals surface area contributed by atoms with Crippen LogP contribution in [0.4, 0.5) is 0 Å². The van der Waals surface area contributed by atoms with Gasteiger partial charge >= 0.3 is 0 Å². The molecule has 1 aromatic rings. The van der Waals surface area contributed by atoms with Gasteiger partial charge in [-0.25, -0.2) is 4.99 Å². The Morgan fingerprint density at radius 1 is 1.17 bits per heavy atom. The summed E-state index contributed by atoms with van der Waals surface area (Å²) in [6.45, 7) is 4.72. The molecule has 0 aliphatic heterocycles. The molecule has 2 N–H and O–H groups in total. The first-order valence-electron chi connectivity index (χ1n) is 8.94. The molecule has 4 nitrogen and oxygen atoms in total. The van der Waals surface area contributed by atoms with Gasteiger partial charge in [0.05, 0.1) is 6.54 Å². The van der Waals surface area contributed by atoms with Crippen molar-refractivity contribution < 1.29 is 0 Å². The van der Waals surface area contributed by atoms with Gasteiger partial charge in [-0.05, 0) is 45.0 Å². The van der Waals surface area contributed by atoms with Crippen LogP contribution in [0.25, 0.3) is 0 Å². The van der Waals surface area contributed by atoms with Crippen LogP contribution >= 0.6 is 24.0 Å². The quantitative estimate of drug-likeness (QED) is 0.399. The molecule has 0 atom stereocenters. The lowest BCUT2D eigenvalue weighted by atomic mass is 9.96. The summed E-state index contributed by atoms with van der Waals surface area (Å²) in [6.07, 6.45) is 6.59. The van der Waals surface area contributed by atoms with Crippen molar-refractivity contribution in [3.63, 3.8) is 0 Å². The highest BCUT2D eigenvalue weighted by Crippen LogP contribution is 2.17. The van der Waals surface area contributed by atoms with Gasteiger partial charge in [-0.15, -0.1) is 24.0 Å². The van der Waals surface area contributed by atoms with Crippen LogP contribution in [0.5, 0.6) is 0 Å². The largest absolute Gasteiger partial charge is 0.357 e. The van der Waals surface area contributed by atoms with E-state index in [0.29, 0.717) is 6.04 Å². The Hall–Kier alpha value is -0.820. The number of nitrogens with one attached hydrogen (secondary N) is 2. The van der Waals surface area contributed by atoms with Gasteiger partial charge in [0.15, 0.2) is 5.96 Å². The van der Waals surface area contributed by atoms with Gasteiger partial charge in [0.25, 0.3) is 0 Å². The Bertz CT molecular complexity index is 496. The average Bonchev–Trinajstić information content (AvgIpc) is 2.53. The van der Waals surface area contributed by atoms with E-state index in [1.54, 1.807) is 0 Å². The van der Waals surface area contributed by atoms with E-state index in [2.05, 4.69) is 60.8 Å². The van der Waals surface area contributed by atoms with Crippen molar-refractivity contribution in [2.24, 2.45) is 4.99 Å². The molecule has 0 heterocycles. The third-order valence-corrected chi connectivity index (χ3v) is 4.20. The van der Waals surface area contributed by atoms with E-state index in [-0.39, 0.29) is 24.0 Å². The van der Waals surface area contributed by atoms with Crippen LogP contribution in [0.15, 0.2) is 29.3 Å². The summed E-state index contributed by atoms with van der Waals surface area (Å²) in [4.78, 5) is 6.97. The highest BCUT2D eigenvalue weighted by Gasteiger charge is 2.14. The SMILES string of the molecule is CCNC(=NCc1cccc(CN(C)C)c1)NC1CCCCC1.I. The molecule has 1 fully saturated rings. The Kier molecular flexibility index (Phi) is 10.3. The number of halogens is 1. The fourth-order valence-electron chi connectivity index (χ4n) is 3.12. The van der Waals surface area contributed by atoms with E-state index in [9.17, 15) is 0 Å². The molecular weight excluding hydrogens is 411 g/mol. The first-order chi connectivity index (χ1) is 11.2. The Morgan fingerprint density at radius 2 is 1.88 bits per heavy atom. The third-order valence-electron chi connectivity index (χ3n) is 4.20. The van der Waals surface area contributed by atoms with Gasteiger partial charge in [-0.3, -0.25) is 0 Å².